The summed E-state index contributed by atoms with van der Waals surface area (Å²) >= 11 is 0. The van der Waals surface area contributed by atoms with E-state index in [0.29, 0.717) is 24.7 Å². The van der Waals surface area contributed by atoms with Gasteiger partial charge in [-0.05, 0) is 44.0 Å². The molecule has 8 nitrogen and oxygen atoms in total. The van der Waals surface area contributed by atoms with Crippen LogP contribution in [0.1, 0.15) is 19.8 Å². The fourth-order valence-electron chi connectivity index (χ4n) is 3.91. The molecule has 8 heteroatoms. The van der Waals surface area contributed by atoms with E-state index in [9.17, 15) is 4.79 Å². The molecule has 2 aromatic heterocycles. The van der Waals surface area contributed by atoms with E-state index in [2.05, 4.69) is 9.88 Å². The molecule has 3 aromatic rings. The number of piperidine rings is 1. The summed E-state index contributed by atoms with van der Waals surface area (Å²) in [6, 6.07) is 7.74. The van der Waals surface area contributed by atoms with E-state index < -0.39 is 0 Å². The molecule has 4 rings (SSSR count). The van der Waals surface area contributed by atoms with E-state index in [4.69, 9.17) is 19.3 Å². The number of hydrogen-bond donors (Lipinski definition) is 0. The van der Waals surface area contributed by atoms with Gasteiger partial charge in [-0.3, -0.25) is 4.79 Å². The van der Waals surface area contributed by atoms with E-state index in [1.165, 1.54) is 0 Å². The molecule has 0 aliphatic carbocycles. The molecule has 0 amide bonds. The summed E-state index contributed by atoms with van der Waals surface area (Å²) in [6.07, 6.45) is 5.33. The molecule has 0 radical (unpaired) electrons. The summed E-state index contributed by atoms with van der Waals surface area (Å²) in [7, 11) is 3.23. The molecule has 0 N–H and O–H groups in total. The Morgan fingerprint density at radius 3 is 2.80 bits per heavy atom. The Kier molecular flexibility index (Phi) is 5.74. The highest BCUT2D eigenvalue weighted by molar-refractivity contribution is 5.78. The Bertz CT molecular complexity index is 1050. The average Bonchev–Trinajstić information content (AvgIpc) is 3.23. The zero-order chi connectivity index (χ0) is 21.1. The fourth-order valence-corrected chi connectivity index (χ4v) is 3.91. The lowest BCUT2D eigenvalue weighted by Gasteiger charge is -2.32. The van der Waals surface area contributed by atoms with Crippen LogP contribution < -0.4 is 14.4 Å². The first kappa shape index (κ1) is 20.0. The van der Waals surface area contributed by atoms with Crippen molar-refractivity contribution in [2.75, 3.05) is 38.8 Å². The molecule has 0 spiro atoms. The van der Waals surface area contributed by atoms with Gasteiger partial charge in [0.05, 0.1) is 32.4 Å². The molecule has 158 valence electrons. The second-order valence-corrected chi connectivity index (χ2v) is 7.22. The lowest BCUT2D eigenvalue weighted by molar-refractivity contribution is -0.148. The highest BCUT2D eigenvalue weighted by Crippen LogP contribution is 2.33. The number of benzene rings is 1. The van der Waals surface area contributed by atoms with Crippen molar-refractivity contribution in [3.8, 4) is 22.8 Å². The van der Waals surface area contributed by atoms with Crippen LogP contribution in [0.3, 0.4) is 0 Å². The Labute approximate surface area is 175 Å². The molecule has 1 unspecified atom stereocenters. The zero-order valence-corrected chi connectivity index (χ0v) is 17.5. The first-order chi connectivity index (χ1) is 14.6. The van der Waals surface area contributed by atoms with Gasteiger partial charge in [0.15, 0.2) is 17.3 Å². The number of ether oxygens (including phenoxy) is 3. The summed E-state index contributed by atoms with van der Waals surface area (Å²) in [5.41, 5.74) is 2.63. The molecule has 1 atom stereocenters. The molecule has 0 saturated carbocycles. The van der Waals surface area contributed by atoms with Crippen molar-refractivity contribution in [3.63, 3.8) is 0 Å². The smallest absolute Gasteiger partial charge is 0.310 e. The van der Waals surface area contributed by atoms with Crippen LogP contribution in [-0.4, -0.2) is 54.5 Å². The van der Waals surface area contributed by atoms with Crippen molar-refractivity contribution < 1.29 is 19.0 Å². The topological polar surface area (TPSA) is 78.2 Å². The second-order valence-electron chi connectivity index (χ2n) is 7.22. The molecule has 1 saturated heterocycles. The first-order valence-corrected chi connectivity index (χ1v) is 10.1. The third-order valence-corrected chi connectivity index (χ3v) is 5.39. The number of carbonyl (C=O) groups excluding carboxylic acids is 1. The molecular weight excluding hydrogens is 384 g/mol. The van der Waals surface area contributed by atoms with E-state index in [-0.39, 0.29) is 11.9 Å². The van der Waals surface area contributed by atoms with Crippen molar-refractivity contribution in [2.45, 2.75) is 19.8 Å². The molecule has 1 fully saturated rings. The van der Waals surface area contributed by atoms with Gasteiger partial charge in [-0.15, -0.1) is 0 Å². The fraction of sp³-hybridized carbons (Fsp3) is 0.409. The quantitative estimate of drug-likeness (QED) is 0.578. The maximum Gasteiger partial charge on any atom is 0.310 e. The number of anilines is 1. The van der Waals surface area contributed by atoms with Crippen LogP contribution >= 0.6 is 0 Å². The SMILES string of the molecule is CCOC(=O)C1CCCN(c2nccn3nc(-c4ccc(OC)c(OC)c4)cc23)C1. The summed E-state index contributed by atoms with van der Waals surface area (Å²) in [6.45, 7) is 3.69. The highest BCUT2D eigenvalue weighted by Gasteiger charge is 2.28. The molecule has 1 aliphatic rings. The maximum absolute atomic E-state index is 12.2. The van der Waals surface area contributed by atoms with Gasteiger partial charge in [-0.25, -0.2) is 9.50 Å². The van der Waals surface area contributed by atoms with Crippen LogP contribution in [0.2, 0.25) is 0 Å². The van der Waals surface area contributed by atoms with Gasteiger partial charge in [0.1, 0.15) is 5.52 Å². The third-order valence-electron chi connectivity index (χ3n) is 5.39. The molecule has 30 heavy (non-hydrogen) atoms. The van der Waals surface area contributed by atoms with E-state index in [1.807, 2.05) is 41.9 Å². The summed E-state index contributed by atoms with van der Waals surface area (Å²) in [5, 5.41) is 4.71. The third kappa shape index (κ3) is 3.77. The minimum Gasteiger partial charge on any atom is -0.493 e. The van der Waals surface area contributed by atoms with Crippen molar-refractivity contribution in [3.05, 3.63) is 36.7 Å². The predicted octanol–water partition coefficient (Wildman–Crippen LogP) is 3.19. The zero-order valence-electron chi connectivity index (χ0n) is 17.5. The maximum atomic E-state index is 12.2. The number of carbonyl (C=O) groups is 1. The number of methoxy groups -OCH3 is 2. The Balaban J connectivity index is 1.67. The molecule has 1 aliphatic heterocycles. The van der Waals surface area contributed by atoms with Gasteiger partial charge >= 0.3 is 5.97 Å². The van der Waals surface area contributed by atoms with Crippen molar-refractivity contribution in [2.24, 2.45) is 5.92 Å². The minimum absolute atomic E-state index is 0.131. The van der Waals surface area contributed by atoms with E-state index in [1.54, 1.807) is 20.4 Å². The number of fused-ring (bicyclic) bond motifs is 1. The van der Waals surface area contributed by atoms with Crippen molar-refractivity contribution in [1.82, 2.24) is 14.6 Å². The Morgan fingerprint density at radius 2 is 2.03 bits per heavy atom. The van der Waals surface area contributed by atoms with Crippen LogP contribution in [0, 0.1) is 5.92 Å². The summed E-state index contributed by atoms with van der Waals surface area (Å²) in [5.74, 6) is 1.89. The van der Waals surface area contributed by atoms with Gasteiger partial charge < -0.3 is 19.1 Å². The van der Waals surface area contributed by atoms with E-state index >= 15 is 0 Å². The number of aromatic nitrogens is 3. The molecule has 1 aromatic carbocycles. The monoisotopic (exact) mass is 410 g/mol. The van der Waals surface area contributed by atoms with Gasteiger partial charge in [-0.1, -0.05) is 0 Å². The second kappa shape index (κ2) is 8.61. The number of esters is 1. The van der Waals surface area contributed by atoms with Gasteiger partial charge in [0.25, 0.3) is 0 Å². The molecule has 0 bridgehead atoms. The van der Waals surface area contributed by atoms with Crippen LogP contribution in [0.15, 0.2) is 36.7 Å². The largest absolute Gasteiger partial charge is 0.493 e. The lowest BCUT2D eigenvalue weighted by atomic mass is 9.98. The number of hydrogen-bond acceptors (Lipinski definition) is 7. The normalized spacial score (nSPS) is 16.5. The first-order valence-electron chi connectivity index (χ1n) is 10.1. The predicted molar refractivity (Wildman–Crippen MR) is 113 cm³/mol. The lowest BCUT2D eigenvalue weighted by Crippen LogP contribution is -2.40. The Morgan fingerprint density at radius 1 is 1.20 bits per heavy atom. The van der Waals surface area contributed by atoms with Crippen LogP contribution in [0.4, 0.5) is 5.82 Å². The van der Waals surface area contributed by atoms with Crippen LogP contribution in [0.25, 0.3) is 16.8 Å². The summed E-state index contributed by atoms with van der Waals surface area (Å²) < 4.78 is 17.8. The van der Waals surface area contributed by atoms with Crippen LogP contribution in [0.5, 0.6) is 11.5 Å². The molecular formula is C22H26N4O4. The van der Waals surface area contributed by atoms with Gasteiger partial charge in [0.2, 0.25) is 0 Å². The minimum atomic E-state index is -0.131. The van der Waals surface area contributed by atoms with Crippen molar-refractivity contribution >= 4 is 17.3 Å². The van der Waals surface area contributed by atoms with E-state index in [0.717, 1.165) is 42.0 Å². The Hall–Kier alpha value is -3.29. The standard InChI is InChI=1S/C22H26N4O4/c1-4-30-22(27)16-6-5-10-25(14-16)21-18-13-17(24-26(18)11-9-23-21)15-7-8-19(28-2)20(12-15)29-3/h7-9,11-13,16H,4-6,10,14H2,1-3H3. The summed E-state index contributed by atoms with van der Waals surface area (Å²) in [4.78, 5) is 19.0. The average molecular weight is 410 g/mol. The molecule has 3 heterocycles. The van der Waals surface area contributed by atoms with Gasteiger partial charge in [0, 0.05) is 31.0 Å². The number of rotatable bonds is 6. The number of nitrogens with zero attached hydrogens (tertiary/aromatic N) is 4. The van der Waals surface area contributed by atoms with Crippen molar-refractivity contribution in [1.29, 1.82) is 0 Å². The van der Waals surface area contributed by atoms with Gasteiger partial charge in [-0.2, -0.15) is 5.10 Å². The van der Waals surface area contributed by atoms with Crippen LogP contribution in [-0.2, 0) is 9.53 Å². The highest BCUT2D eigenvalue weighted by atomic mass is 16.5.